The standard InChI is InChI=1S/C6H4F3IN2OS/c1-14-5-11-3(6(7,8)9)2(10)4(13)12-5/h1H3,(H,11,12,13). The summed E-state index contributed by atoms with van der Waals surface area (Å²) in [6.45, 7) is 0. The Kier molecular flexibility index (Phi) is 3.45. The Morgan fingerprint density at radius 3 is 2.50 bits per heavy atom. The summed E-state index contributed by atoms with van der Waals surface area (Å²) in [5.41, 5.74) is -1.90. The van der Waals surface area contributed by atoms with E-state index >= 15 is 0 Å². The lowest BCUT2D eigenvalue weighted by atomic mass is 10.4. The molecule has 0 aromatic carbocycles. The summed E-state index contributed by atoms with van der Waals surface area (Å²) in [5.74, 6) is 0. The number of hydrogen-bond acceptors (Lipinski definition) is 3. The maximum absolute atomic E-state index is 12.3. The molecular formula is C6H4F3IN2OS. The van der Waals surface area contributed by atoms with Gasteiger partial charge in [-0.2, -0.15) is 13.2 Å². The van der Waals surface area contributed by atoms with E-state index in [1.54, 1.807) is 0 Å². The van der Waals surface area contributed by atoms with Crippen molar-refractivity contribution < 1.29 is 13.2 Å². The van der Waals surface area contributed by atoms with Gasteiger partial charge in [0.1, 0.15) is 3.57 Å². The van der Waals surface area contributed by atoms with Gasteiger partial charge in [-0.05, 0) is 28.8 Å². The maximum Gasteiger partial charge on any atom is 0.434 e. The van der Waals surface area contributed by atoms with Crippen molar-refractivity contribution in [1.29, 1.82) is 0 Å². The molecular weight excluding hydrogens is 332 g/mol. The van der Waals surface area contributed by atoms with Gasteiger partial charge >= 0.3 is 6.18 Å². The third-order valence-electron chi connectivity index (χ3n) is 1.30. The largest absolute Gasteiger partial charge is 0.434 e. The number of hydrogen-bond donors (Lipinski definition) is 1. The molecule has 3 nitrogen and oxygen atoms in total. The molecule has 0 spiro atoms. The molecule has 0 radical (unpaired) electrons. The van der Waals surface area contributed by atoms with Gasteiger partial charge in [0.25, 0.3) is 5.56 Å². The Balaban J connectivity index is 3.43. The van der Waals surface area contributed by atoms with Gasteiger partial charge in [0.15, 0.2) is 10.9 Å². The van der Waals surface area contributed by atoms with Crippen molar-refractivity contribution in [1.82, 2.24) is 9.97 Å². The molecule has 14 heavy (non-hydrogen) atoms. The topological polar surface area (TPSA) is 45.8 Å². The fraction of sp³-hybridized carbons (Fsp3) is 0.333. The van der Waals surface area contributed by atoms with Crippen molar-refractivity contribution in [3.05, 3.63) is 19.6 Å². The van der Waals surface area contributed by atoms with Crippen molar-refractivity contribution in [2.24, 2.45) is 0 Å². The summed E-state index contributed by atoms with van der Waals surface area (Å²) < 4.78 is 36.5. The van der Waals surface area contributed by atoms with Gasteiger partial charge in [-0.1, -0.05) is 11.8 Å². The fourth-order valence-corrected chi connectivity index (χ4v) is 1.66. The molecule has 1 aromatic rings. The molecule has 1 heterocycles. The van der Waals surface area contributed by atoms with Gasteiger partial charge in [0.05, 0.1) is 0 Å². The van der Waals surface area contributed by atoms with Crippen LogP contribution in [0.2, 0.25) is 0 Å². The van der Waals surface area contributed by atoms with Gasteiger partial charge in [-0.25, -0.2) is 4.98 Å². The van der Waals surface area contributed by atoms with Crippen LogP contribution in [0.25, 0.3) is 0 Å². The number of aromatic amines is 1. The summed E-state index contributed by atoms with van der Waals surface area (Å²) in [6, 6.07) is 0. The lowest BCUT2D eigenvalue weighted by Crippen LogP contribution is -2.21. The minimum absolute atomic E-state index is 0.0391. The van der Waals surface area contributed by atoms with Gasteiger partial charge in [-0.15, -0.1) is 0 Å². The second kappa shape index (κ2) is 4.09. The normalized spacial score (nSPS) is 11.8. The molecule has 0 fully saturated rings. The number of halogens is 4. The Bertz CT molecular complexity index is 403. The zero-order valence-corrected chi connectivity index (χ0v) is 9.75. The summed E-state index contributed by atoms with van der Waals surface area (Å²) in [5, 5.41) is -0.0391. The van der Waals surface area contributed by atoms with E-state index in [9.17, 15) is 18.0 Å². The van der Waals surface area contributed by atoms with Crippen molar-refractivity contribution in [3.63, 3.8) is 0 Å². The highest BCUT2D eigenvalue weighted by Crippen LogP contribution is 2.30. The number of nitrogens with zero attached hydrogens (tertiary/aromatic N) is 1. The lowest BCUT2D eigenvalue weighted by molar-refractivity contribution is -0.142. The zero-order chi connectivity index (χ0) is 10.9. The molecule has 0 aliphatic rings. The van der Waals surface area contributed by atoms with E-state index in [1.165, 1.54) is 28.8 Å². The van der Waals surface area contributed by atoms with Crippen LogP contribution in [-0.2, 0) is 6.18 Å². The van der Waals surface area contributed by atoms with Crippen LogP contribution in [-0.4, -0.2) is 16.2 Å². The van der Waals surface area contributed by atoms with Crippen LogP contribution in [0.1, 0.15) is 5.69 Å². The highest BCUT2D eigenvalue weighted by molar-refractivity contribution is 14.1. The van der Waals surface area contributed by atoms with E-state index in [-0.39, 0.29) is 5.16 Å². The number of H-pyrrole nitrogens is 1. The molecule has 0 amide bonds. The van der Waals surface area contributed by atoms with Crippen molar-refractivity contribution in [2.45, 2.75) is 11.3 Å². The summed E-state index contributed by atoms with van der Waals surface area (Å²) in [6.07, 6.45) is -3.06. The first-order chi connectivity index (χ1) is 6.36. The molecule has 0 unspecified atom stereocenters. The molecule has 0 atom stereocenters. The predicted octanol–water partition coefficient (Wildman–Crippen LogP) is 2.12. The van der Waals surface area contributed by atoms with Crippen LogP contribution in [0, 0.1) is 3.57 Å². The number of thioether (sulfide) groups is 1. The van der Waals surface area contributed by atoms with Crippen molar-refractivity contribution >= 4 is 34.4 Å². The summed E-state index contributed by atoms with van der Waals surface area (Å²) in [7, 11) is 0. The van der Waals surface area contributed by atoms with Crippen LogP contribution in [0.3, 0.4) is 0 Å². The maximum atomic E-state index is 12.3. The first kappa shape index (κ1) is 11.8. The summed E-state index contributed by atoms with van der Waals surface area (Å²) in [4.78, 5) is 16.6. The average molecular weight is 336 g/mol. The molecule has 0 saturated heterocycles. The van der Waals surface area contributed by atoms with Gasteiger partial charge in [0.2, 0.25) is 0 Å². The highest BCUT2D eigenvalue weighted by atomic mass is 127. The number of alkyl halides is 3. The van der Waals surface area contributed by atoms with Crippen LogP contribution in [0.4, 0.5) is 13.2 Å². The smallest absolute Gasteiger partial charge is 0.301 e. The van der Waals surface area contributed by atoms with Gasteiger partial charge in [-0.3, -0.25) is 4.79 Å². The summed E-state index contributed by atoms with van der Waals surface area (Å²) >= 11 is 2.28. The second-order valence-corrected chi connectivity index (χ2v) is 4.11. The minimum Gasteiger partial charge on any atom is -0.301 e. The fourth-order valence-electron chi connectivity index (χ4n) is 0.723. The minimum atomic E-state index is -4.59. The molecule has 8 heteroatoms. The van der Waals surface area contributed by atoms with E-state index in [0.29, 0.717) is 0 Å². The Morgan fingerprint density at radius 2 is 2.07 bits per heavy atom. The van der Waals surface area contributed by atoms with E-state index in [0.717, 1.165) is 11.8 Å². The molecule has 0 bridgehead atoms. The van der Waals surface area contributed by atoms with E-state index in [4.69, 9.17) is 0 Å². The quantitative estimate of drug-likeness (QED) is 0.485. The monoisotopic (exact) mass is 336 g/mol. The Hall–Kier alpha value is -0.250. The molecule has 0 aliphatic heterocycles. The highest BCUT2D eigenvalue weighted by Gasteiger charge is 2.36. The molecule has 1 rings (SSSR count). The van der Waals surface area contributed by atoms with Crippen LogP contribution in [0.5, 0.6) is 0 Å². The van der Waals surface area contributed by atoms with Crippen molar-refractivity contribution in [2.75, 3.05) is 6.26 Å². The third-order valence-corrected chi connectivity index (χ3v) is 2.88. The molecule has 0 aliphatic carbocycles. The van der Waals surface area contributed by atoms with E-state index in [1.807, 2.05) is 0 Å². The third kappa shape index (κ3) is 2.41. The molecule has 0 saturated carbocycles. The van der Waals surface area contributed by atoms with Crippen LogP contribution in [0.15, 0.2) is 9.95 Å². The van der Waals surface area contributed by atoms with E-state index in [2.05, 4.69) is 9.97 Å². The van der Waals surface area contributed by atoms with E-state index < -0.39 is 21.0 Å². The Labute approximate surface area is 94.6 Å². The lowest BCUT2D eigenvalue weighted by Gasteiger charge is -2.07. The van der Waals surface area contributed by atoms with Crippen LogP contribution >= 0.6 is 34.4 Å². The average Bonchev–Trinajstić information content (AvgIpc) is 2.07. The zero-order valence-electron chi connectivity index (χ0n) is 6.78. The number of nitrogens with one attached hydrogen (secondary N) is 1. The molecule has 78 valence electrons. The molecule has 1 N–H and O–H groups in total. The first-order valence-corrected chi connectivity index (χ1v) is 5.57. The Morgan fingerprint density at radius 1 is 1.50 bits per heavy atom. The van der Waals surface area contributed by atoms with Gasteiger partial charge in [0, 0.05) is 0 Å². The van der Waals surface area contributed by atoms with Crippen LogP contribution < -0.4 is 5.56 Å². The second-order valence-electron chi connectivity index (χ2n) is 2.24. The van der Waals surface area contributed by atoms with Crippen molar-refractivity contribution in [3.8, 4) is 0 Å². The predicted molar refractivity (Wildman–Crippen MR) is 54.4 cm³/mol. The number of rotatable bonds is 1. The number of aromatic nitrogens is 2. The van der Waals surface area contributed by atoms with Gasteiger partial charge < -0.3 is 4.98 Å². The first-order valence-electron chi connectivity index (χ1n) is 3.27. The molecule has 1 aromatic heterocycles. The SMILES string of the molecule is CSc1nc(C(F)(F)F)c(I)c(=O)[nH]1.